The lowest BCUT2D eigenvalue weighted by Crippen LogP contribution is -1.88. The Bertz CT molecular complexity index is 956. The highest BCUT2D eigenvalue weighted by Crippen LogP contribution is 2.25. The van der Waals surface area contributed by atoms with E-state index in [1.165, 1.54) is 12.1 Å². The van der Waals surface area contributed by atoms with E-state index >= 15 is 0 Å². The Kier molecular flexibility index (Phi) is 4.30. The van der Waals surface area contributed by atoms with Gasteiger partial charge in [0.05, 0.1) is 27.3 Å². The van der Waals surface area contributed by atoms with Crippen molar-refractivity contribution in [1.82, 2.24) is 9.97 Å². The Hall–Kier alpha value is -2.40. The zero-order valence-corrected chi connectivity index (χ0v) is 14.3. The lowest BCUT2D eigenvalue weighted by atomic mass is 10.1. The molecule has 0 aliphatic carbocycles. The number of benzene rings is 2. The van der Waals surface area contributed by atoms with Crippen LogP contribution in [0.2, 0.25) is 0 Å². The van der Waals surface area contributed by atoms with Crippen molar-refractivity contribution >= 4 is 45.3 Å². The summed E-state index contributed by atoms with van der Waals surface area (Å²) in [6, 6.07) is 12.0. The van der Waals surface area contributed by atoms with Crippen molar-refractivity contribution in [2.45, 2.75) is 0 Å². The van der Waals surface area contributed by atoms with Crippen LogP contribution < -0.4 is 4.74 Å². The van der Waals surface area contributed by atoms with Crippen molar-refractivity contribution in [1.29, 1.82) is 5.26 Å². The van der Waals surface area contributed by atoms with Gasteiger partial charge in [-0.25, -0.2) is 9.37 Å². The summed E-state index contributed by atoms with van der Waals surface area (Å²) in [5, 5.41) is 9.41. The number of hydrogen-bond donors (Lipinski definition) is 1. The molecule has 1 heterocycles. The van der Waals surface area contributed by atoms with E-state index in [9.17, 15) is 9.65 Å². The molecule has 0 saturated heterocycles. The van der Waals surface area contributed by atoms with Crippen molar-refractivity contribution in [2.75, 3.05) is 7.11 Å². The van der Waals surface area contributed by atoms with Crippen LogP contribution in [-0.4, -0.2) is 17.1 Å². The molecule has 1 aromatic heterocycles. The van der Waals surface area contributed by atoms with E-state index in [0.717, 1.165) is 14.9 Å². The molecule has 3 aromatic rings. The second-order valence-corrected chi connectivity index (χ2v) is 5.97. The third-order valence-corrected chi connectivity index (χ3v) is 4.15. The fourth-order valence-corrected chi connectivity index (χ4v) is 2.96. The Labute approximate surface area is 145 Å². The van der Waals surface area contributed by atoms with Crippen molar-refractivity contribution in [2.24, 2.45) is 0 Å². The van der Waals surface area contributed by atoms with Crippen molar-refractivity contribution in [3.63, 3.8) is 0 Å². The number of ether oxygens (including phenoxy) is 1. The summed E-state index contributed by atoms with van der Waals surface area (Å²) in [5.41, 5.74) is 2.42. The molecule has 0 fully saturated rings. The molecule has 0 spiro atoms. The molecule has 0 atom stereocenters. The van der Waals surface area contributed by atoms with Crippen LogP contribution in [0.5, 0.6) is 5.75 Å². The van der Waals surface area contributed by atoms with Crippen LogP contribution in [0.4, 0.5) is 4.39 Å². The molecule has 0 aliphatic rings. The van der Waals surface area contributed by atoms with E-state index in [2.05, 4.69) is 38.6 Å². The van der Waals surface area contributed by atoms with Crippen LogP contribution in [0, 0.1) is 20.7 Å². The SMILES string of the molecule is COc1ccc(/C=C(/C#N)c2nc3ccc(F)cc3[nH]2)cc1I. The van der Waals surface area contributed by atoms with Crippen LogP contribution >= 0.6 is 22.6 Å². The second-order valence-electron chi connectivity index (χ2n) is 4.81. The number of nitriles is 1. The molecule has 0 aliphatic heterocycles. The first kappa shape index (κ1) is 15.5. The Morgan fingerprint density at radius 3 is 2.87 bits per heavy atom. The number of hydrogen-bond acceptors (Lipinski definition) is 3. The summed E-state index contributed by atoms with van der Waals surface area (Å²) in [7, 11) is 1.61. The molecular weight excluding hydrogens is 408 g/mol. The summed E-state index contributed by atoms with van der Waals surface area (Å²) in [5.74, 6) is 0.847. The van der Waals surface area contributed by atoms with Crippen LogP contribution in [0.1, 0.15) is 11.4 Å². The molecule has 114 valence electrons. The highest BCUT2D eigenvalue weighted by atomic mass is 127. The molecule has 0 amide bonds. The fourth-order valence-electron chi connectivity index (χ4n) is 2.20. The number of methoxy groups -OCH3 is 1. The summed E-state index contributed by atoms with van der Waals surface area (Å²) >= 11 is 2.17. The molecular formula is C17H11FIN3O. The fraction of sp³-hybridized carbons (Fsp3) is 0.0588. The first-order valence-electron chi connectivity index (χ1n) is 6.71. The molecule has 6 heteroatoms. The van der Waals surface area contributed by atoms with Crippen molar-refractivity contribution < 1.29 is 9.13 Å². The minimum absolute atomic E-state index is 0.347. The number of fused-ring (bicyclic) bond motifs is 1. The number of aromatic nitrogens is 2. The second kappa shape index (κ2) is 6.38. The smallest absolute Gasteiger partial charge is 0.149 e. The van der Waals surface area contributed by atoms with Crippen LogP contribution in [0.3, 0.4) is 0 Å². The topological polar surface area (TPSA) is 61.7 Å². The third-order valence-electron chi connectivity index (χ3n) is 3.31. The summed E-state index contributed by atoms with van der Waals surface area (Å²) in [6.07, 6.45) is 1.73. The lowest BCUT2D eigenvalue weighted by molar-refractivity contribution is 0.412. The van der Waals surface area contributed by atoms with Gasteiger partial charge in [-0.2, -0.15) is 5.26 Å². The quantitative estimate of drug-likeness (QED) is 0.507. The van der Waals surface area contributed by atoms with Crippen LogP contribution in [-0.2, 0) is 0 Å². The average molecular weight is 419 g/mol. The van der Waals surface area contributed by atoms with Crippen molar-refractivity contribution in [3.8, 4) is 11.8 Å². The molecule has 2 aromatic carbocycles. The summed E-state index contributed by atoms with van der Waals surface area (Å²) in [4.78, 5) is 7.31. The summed E-state index contributed by atoms with van der Waals surface area (Å²) in [6.45, 7) is 0. The van der Waals surface area contributed by atoms with Gasteiger partial charge in [-0.1, -0.05) is 6.07 Å². The first-order valence-corrected chi connectivity index (χ1v) is 7.79. The zero-order chi connectivity index (χ0) is 16.4. The number of H-pyrrole nitrogens is 1. The van der Waals surface area contributed by atoms with Gasteiger partial charge < -0.3 is 9.72 Å². The maximum Gasteiger partial charge on any atom is 0.149 e. The molecule has 23 heavy (non-hydrogen) atoms. The molecule has 0 radical (unpaired) electrons. The molecule has 3 rings (SSSR count). The van der Waals surface area contributed by atoms with Gasteiger partial charge in [0.2, 0.25) is 0 Å². The number of imidazole rings is 1. The van der Waals surface area contributed by atoms with Gasteiger partial charge in [0, 0.05) is 0 Å². The largest absolute Gasteiger partial charge is 0.496 e. The minimum Gasteiger partial charge on any atom is -0.496 e. The van der Waals surface area contributed by atoms with Crippen LogP contribution in [0.25, 0.3) is 22.7 Å². The normalized spacial score (nSPS) is 11.5. The predicted octanol–water partition coefficient (Wildman–Crippen LogP) is 4.38. The van der Waals surface area contributed by atoms with Gasteiger partial charge in [0.15, 0.2) is 0 Å². The van der Waals surface area contributed by atoms with E-state index in [0.29, 0.717) is 22.4 Å². The lowest BCUT2D eigenvalue weighted by Gasteiger charge is -2.03. The highest BCUT2D eigenvalue weighted by molar-refractivity contribution is 14.1. The van der Waals surface area contributed by atoms with E-state index in [4.69, 9.17) is 4.74 Å². The van der Waals surface area contributed by atoms with Gasteiger partial charge in [-0.05, 0) is 64.6 Å². The Morgan fingerprint density at radius 1 is 1.35 bits per heavy atom. The van der Waals surface area contributed by atoms with Gasteiger partial charge in [-0.3, -0.25) is 0 Å². The van der Waals surface area contributed by atoms with Gasteiger partial charge >= 0.3 is 0 Å². The standard InChI is InChI=1S/C17H11FIN3O/c1-23-16-5-2-10(7-13(16)19)6-11(9-20)17-21-14-4-3-12(18)8-15(14)22-17/h2-8H,1H3,(H,21,22)/b11-6-. The average Bonchev–Trinajstić information content (AvgIpc) is 2.95. The van der Waals surface area contributed by atoms with E-state index in [1.807, 2.05) is 18.2 Å². The van der Waals surface area contributed by atoms with Gasteiger partial charge in [0.1, 0.15) is 23.5 Å². The van der Waals surface area contributed by atoms with Gasteiger partial charge in [-0.15, -0.1) is 0 Å². The molecule has 0 bridgehead atoms. The number of nitrogens with one attached hydrogen (secondary N) is 1. The minimum atomic E-state index is -0.347. The highest BCUT2D eigenvalue weighted by Gasteiger charge is 2.09. The Balaban J connectivity index is 2.04. The summed E-state index contributed by atoms with van der Waals surface area (Å²) < 4.78 is 19.4. The van der Waals surface area contributed by atoms with Gasteiger partial charge in [0.25, 0.3) is 0 Å². The predicted molar refractivity (Wildman–Crippen MR) is 95.2 cm³/mol. The van der Waals surface area contributed by atoms with Crippen molar-refractivity contribution in [3.05, 3.63) is 57.2 Å². The number of nitrogens with zero attached hydrogens (tertiary/aromatic N) is 2. The Morgan fingerprint density at radius 2 is 2.17 bits per heavy atom. The molecule has 0 unspecified atom stereocenters. The molecule has 1 N–H and O–H groups in total. The number of rotatable bonds is 3. The maximum atomic E-state index is 13.3. The van der Waals surface area contributed by atoms with E-state index in [1.54, 1.807) is 19.3 Å². The first-order chi connectivity index (χ1) is 11.1. The van der Waals surface area contributed by atoms with E-state index in [-0.39, 0.29) is 5.82 Å². The molecule has 4 nitrogen and oxygen atoms in total. The number of allylic oxidation sites excluding steroid dienone is 1. The van der Waals surface area contributed by atoms with E-state index < -0.39 is 0 Å². The maximum absolute atomic E-state index is 13.3. The number of aromatic amines is 1. The van der Waals surface area contributed by atoms with Crippen LogP contribution in [0.15, 0.2) is 36.4 Å². The monoisotopic (exact) mass is 419 g/mol. The number of halogens is 2. The third kappa shape index (κ3) is 3.19. The molecule has 0 saturated carbocycles. The zero-order valence-electron chi connectivity index (χ0n) is 12.1.